The van der Waals surface area contributed by atoms with Crippen LogP contribution in [0.1, 0.15) is 53.1 Å². The lowest BCUT2D eigenvalue weighted by Crippen LogP contribution is -2.52. The van der Waals surface area contributed by atoms with Crippen molar-refractivity contribution in [3.05, 3.63) is 33.8 Å². The van der Waals surface area contributed by atoms with Gasteiger partial charge in [-0.15, -0.1) is 0 Å². The molecule has 1 unspecified atom stereocenters. The molecule has 2 aliphatic heterocycles. The van der Waals surface area contributed by atoms with E-state index in [0.717, 1.165) is 5.56 Å². The number of hydrogen-bond acceptors (Lipinski definition) is 3. The molecule has 4 rings (SSSR count). The van der Waals surface area contributed by atoms with Crippen LogP contribution in [0.2, 0.25) is 5.02 Å². The van der Waals surface area contributed by atoms with Crippen LogP contribution in [0, 0.1) is 0 Å². The van der Waals surface area contributed by atoms with Crippen LogP contribution in [0.25, 0.3) is 0 Å². The molecule has 5 nitrogen and oxygen atoms in total. The average Bonchev–Trinajstić information content (AvgIpc) is 3.24. The number of fused-ring (bicyclic) bond motifs is 1. The monoisotopic (exact) mass is 318 g/mol. The minimum absolute atomic E-state index is 0.211. The summed E-state index contributed by atoms with van der Waals surface area (Å²) in [5.41, 5.74) is 2.58. The summed E-state index contributed by atoms with van der Waals surface area (Å²) < 4.78 is 0. The summed E-state index contributed by atoms with van der Waals surface area (Å²) in [5, 5.41) is 2.77. The number of imide groups is 1. The number of carbonyl (C=O) groups is 3. The summed E-state index contributed by atoms with van der Waals surface area (Å²) in [6.07, 6.45) is 2.97. The Morgan fingerprint density at radius 1 is 1.14 bits per heavy atom. The lowest BCUT2D eigenvalue weighted by atomic mass is 10.0. The maximum atomic E-state index is 12.6. The Morgan fingerprint density at radius 2 is 1.91 bits per heavy atom. The van der Waals surface area contributed by atoms with Crippen molar-refractivity contribution in [2.45, 2.75) is 44.2 Å². The predicted octanol–water partition coefficient (Wildman–Crippen LogP) is 1.98. The van der Waals surface area contributed by atoms with Gasteiger partial charge in [0, 0.05) is 13.0 Å². The summed E-state index contributed by atoms with van der Waals surface area (Å²) in [7, 11) is 0. The Hall–Kier alpha value is -1.88. The van der Waals surface area contributed by atoms with Gasteiger partial charge in [0.25, 0.3) is 5.91 Å². The Morgan fingerprint density at radius 3 is 2.59 bits per heavy atom. The number of benzene rings is 1. The molecule has 3 aliphatic rings. The van der Waals surface area contributed by atoms with Crippen LogP contribution in [0.5, 0.6) is 0 Å². The van der Waals surface area contributed by atoms with E-state index in [1.165, 1.54) is 23.3 Å². The van der Waals surface area contributed by atoms with Gasteiger partial charge < -0.3 is 4.90 Å². The minimum Gasteiger partial charge on any atom is -0.322 e. The van der Waals surface area contributed by atoms with E-state index in [1.807, 2.05) is 12.1 Å². The van der Waals surface area contributed by atoms with Crippen molar-refractivity contribution in [3.8, 4) is 0 Å². The van der Waals surface area contributed by atoms with Crippen molar-refractivity contribution in [1.29, 1.82) is 0 Å². The van der Waals surface area contributed by atoms with Gasteiger partial charge in [0.1, 0.15) is 6.04 Å². The van der Waals surface area contributed by atoms with Crippen molar-refractivity contribution in [1.82, 2.24) is 10.2 Å². The second-order valence-electron chi connectivity index (χ2n) is 6.21. The minimum atomic E-state index is -0.585. The molecular weight excluding hydrogens is 304 g/mol. The van der Waals surface area contributed by atoms with Gasteiger partial charge in [0.15, 0.2) is 0 Å². The molecule has 1 aromatic rings. The molecule has 0 aromatic heterocycles. The third-order valence-electron chi connectivity index (χ3n) is 4.64. The standard InChI is InChI=1S/C16H15ClN2O3/c17-11-6-9(8-1-2-8)5-10-7-19(16(22)14(10)11)12-3-4-13(20)18-15(12)21/h5-6,8,12H,1-4,7H2,(H,18,20,21). The normalized spacial score (nSPS) is 24.5. The third-order valence-corrected chi connectivity index (χ3v) is 4.94. The highest BCUT2D eigenvalue weighted by Gasteiger charge is 2.40. The number of nitrogens with zero attached hydrogens (tertiary/aromatic N) is 1. The van der Waals surface area contributed by atoms with Crippen LogP contribution >= 0.6 is 11.6 Å². The SMILES string of the molecule is O=C1CCC(N2Cc3cc(C4CC4)cc(Cl)c3C2=O)C(=O)N1. The highest BCUT2D eigenvalue weighted by Crippen LogP contribution is 2.43. The van der Waals surface area contributed by atoms with E-state index >= 15 is 0 Å². The fourth-order valence-corrected chi connectivity index (χ4v) is 3.66. The van der Waals surface area contributed by atoms with E-state index in [4.69, 9.17) is 11.6 Å². The molecule has 1 N–H and O–H groups in total. The Kier molecular flexibility index (Phi) is 3.01. The molecule has 114 valence electrons. The molecule has 0 bridgehead atoms. The molecular formula is C16H15ClN2O3. The number of nitrogens with one attached hydrogen (secondary N) is 1. The zero-order valence-corrected chi connectivity index (χ0v) is 12.7. The first-order chi connectivity index (χ1) is 10.5. The molecule has 2 heterocycles. The van der Waals surface area contributed by atoms with Crippen LogP contribution < -0.4 is 5.32 Å². The highest BCUT2D eigenvalue weighted by molar-refractivity contribution is 6.34. The van der Waals surface area contributed by atoms with Gasteiger partial charge in [0.2, 0.25) is 11.8 Å². The van der Waals surface area contributed by atoms with E-state index in [9.17, 15) is 14.4 Å². The first kappa shape index (κ1) is 13.8. The number of rotatable bonds is 2. The van der Waals surface area contributed by atoms with Crippen molar-refractivity contribution in [2.24, 2.45) is 0 Å². The predicted molar refractivity (Wildman–Crippen MR) is 79.5 cm³/mol. The van der Waals surface area contributed by atoms with Gasteiger partial charge in [-0.3, -0.25) is 19.7 Å². The highest BCUT2D eigenvalue weighted by atomic mass is 35.5. The average molecular weight is 319 g/mol. The lowest BCUT2D eigenvalue weighted by molar-refractivity contribution is -0.136. The fourth-order valence-electron chi connectivity index (χ4n) is 3.33. The summed E-state index contributed by atoms with van der Waals surface area (Å²) in [6.45, 7) is 0.390. The summed E-state index contributed by atoms with van der Waals surface area (Å²) in [6, 6.07) is 3.34. The molecule has 1 saturated heterocycles. The van der Waals surface area contributed by atoms with Crippen molar-refractivity contribution < 1.29 is 14.4 Å². The Labute approximate surface area is 132 Å². The van der Waals surface area contributed by atoms with Crippen LogP contribution in [-0.4, -0.2) is 28.7 Å². The first-order valence-electron chi connectivity index (χ1n) is 7.51. The first-order valence-corrected chi connectivity index (χ1v) is 7.89. The van der Waals surface area contributed by atoms with Gasteiger partial charge in [-0.05, 0) is 42.4 Å². The summed E-state index contributed by atoms with van der Waals surface area (Å²) in [5.74, 6) is -0.324. The number of piperidine rings is 1. The fraction of sp³-hybridized carbons (Fsp3) is 0.438. The zero-order chi connectivity index (χ0) is 15.4. The molecule has 0 radical (unpaired) electrons. The molecule has 22 heavy (non-hydrogen) atoms. The summed E-state index contributed by atoms with van der Waals surface area (Å²) in [4.78, 5) is 37.4. The molecule has 6 heteroatoms. The third kappa shape index (κ3) is 2.11. The Balaban J connectivity index is 1.65. The van der Waals surface area contributed by atoms with Gasteiger partial charge in [-0.25, -0.2) is 0 Å². The van der Waals surface area contributed by atoms with Crippen molar-refractivity contribution in [2.75, 3.05) is 0 Å². The van der Waals surface area contributed by atoms with Gasteiger partial charge in [-0.2, -0.15) is 0 Å². The van der Waals surface area contributed by atoms with Gasteiger partial charge >= 0.3 is 0 Å². The van der Waals surface area contributed by atoms with Gasteiger partial charge in [-0.1, -0.05) is 17.7 Å². The molecule has 1 atom stereocenters. The Bertz CT molecular complexity index is 712. The van der Waals surface area contributed by atoms with Gasteiger partial charge in [0.05, 0.1) is 10.6 Å². The van der Waals surface area contributed by atoms with Crippen LogP contribution in [0.4, 0.5) is 0 Å². The topological polar surface area (TPSA) is 66.5 Å². The van der Waals surface area contributed by atoms with E-state index in [2.05, 4.69) is 5.32 Å². The largest absolute Gasteiger partial charge is 0.322 e. The molecule has 1 aliphatic carbocycles. The molecule has 0 spiro atoms. The molecule has 1 saturated carbocycles. The van der Waals surface area contributed by atoms with Crippen molar-refractivity contribution in [3.63, 3.8) is 0 Å². The quantitative estimate of drug-likeness (QED) is 0.848. The zero-order valence-electron chi connectivity index (χ0n) is 11.9. The number of carbonyl (C=O) groups excluding carboxylic acids is 3. The summed E-state index contributed by atoms with van der Waals surface area (Å²) >= 11 is 6.30. The number of halogens is 1. The smallest absolute Gasteiger partial charge is 0.256 e. The van der Waals surface area contributed by atoms with E-state index in [-0.39, 0.29) is 18.2 Å². The van der Waals surface area contributed by atoms with E-state index < -0.39 is 11.9 Å². The number of hydrogen-bond donors (Lipinski definition) is 1. The maximum absolute atomic E-state index is 12.6. The van der Waals surface area contributed by atoms with E-state index in [1.54, 1.807) is 0 Å². The second kappa shape index (κ2) is 4.81. The van der Waals surface area contributed by atoms with Crippen LogP contribution in [0.15, 0.2) is 12.1 Å². The van der Waals surface area contributed by atoms with Crippen molar-refractivity contribution >= 4 is 29.3 Å². The number of amides is 3. The maximum Gasteiger partial charge on any atom is 0.256 e. The molecule has 1 aromatic carbocycles. The van der Waals surface area contributed by atoms with E-state index in [0.29, 0.717) is 29.5 Å². The molecule has 2 fully saturated rings. The van der Waals surface area contributed by atoms with Crippen LogP contribution in [-0.2, 0) is 16.1 Å². The lowest BCUT2D eigenvalue weighted by Gasteiger charge is -2.29. The van der Waals surface area contributed by atoms with Crippen LogP contribution in [0.3, 0.4) is 0 Å². The second-order valence-corrected chi connectivity index (χ2v) is 6.62. The molecule has 3 amide bonds.